The zero-order valence-corrected chi connectivity index (χ0v) is 23.5. The van der Waals surface area contributed by atoms with Crippen LogP contribution in [0.25, 0.3) is 0 Å². The van der Waals surface area contributed by atoms with E-state index >= 15 is 0 Å². The van der Waals surface area contributed by atoms with Crippen molar-refractivity contribution < 1.29 is 0 Å². The summed E-state index contributed by atoms with van der Waals surface area (Å²) in [7, 11) is 0. The summed E-state index contributed by atoms with van der Waals surface area (Å²) in [6.07, 6.45) is 0. The van der Waals surface area contributed by atoms with Gasteiger partial charge >= 0.3 is 0 Å². The normalized spacial score (nSPS) is 17.9. The van der Waals surface area contributed by atoms with E-state index in [1.807, 2.05) is 72.8 Å². The Hall–Kier alpha value is -4.03. The zero-order valence-electron chi connectivity index (χ0n) is 21.2. The monoisotopic (exact) mass is 576 g/mol. The number of fused-ring (bicyclic) bond motifs is 2. The second kappa shape index (κ2) is 10.2. The summed E-state index contributed by atoms with van der Waals surface area (Å²) in [4.78, 5) is -0.862. The van der Waals surface area contributed by atoms with Crippen LogP contribution in [0.3, 0.4) is 0 Å². The highest BCUT2D eigenvalue weighted by Crippen LogP contribution is 2.55. The van der Waals surface area contributed by atoms with Crippen molar-refractivity contribution >= 4 is 57.1 Å². The van der Waals surface area contributed by atoms with Crippen LogP contribution < -0.4 is 10.0 Å². The second-order valence-electron chi connectivity index (χ2n) is 9.39. The predicted molar refractivity (Wildman–Crippen MR) is 169 cm³/mol. The molecule has 0 saturated heterocycles. The van der Waals surface area contributed by atoms with Gasteiger partial charge in [-0.25, -0.2) is 10.0 Å². The first-order chi connectivity index (χ1) is 19.6. The molecule has 2 heterocycles. The van der Waals surface area contributed by atoms with Gasteiger partial charge in [0, 0.05) is 27.3 Å². The van der Waals surface area contributed by atoms with E-state index < -0.39 is 4.99 Å². The van der Waals surface area contributed by atoms with Crippen molar-refractivity contribution in [3.63, 3.8) is 0 Å². The predicted octanol–water partition coefficient (Wildman–Crippen LogP) is 8.99. The van der Waals surface area contributed by atoms with Crippen LogP contribution in [0.15, 0.2) is 144 Å². The molecule has 2 aliphatic rings. The molecule has 40 heavy (non-hydrogen) atoms. The standard InChI is InChI=1S/C33H22Cl2N4S/c34-24-20-21-30(35)28(22-24)31-27-18-10-11-19-29(27)33(38(36-31)25-14-6-2-7-15-25)39(26-16-8-3-9-17-26)37-32(40-33)23-12-4-1-5-13-23/h1-22H. The largest absolute Gasteiger partial charge is 0.234 e. The van der Waals surface area contributed by atoms with Crippen LogP contribution >= 0.6 is 35.0 Å². The van der Waals surface area contributed by atoms with E-state index in [1.165, 1.54) is 0 Å². The summed E-state index contributed by atoms with van der Waals surface area (Å²) >= 11 is 14.9. The highest BCUT2D eigenvalue weighted by molar-refractivity contribution is 8.15. The SMILES string of the molecule is Clc1ccc(Cl)c(C2=NN(c3ccccc3)C3(SC(c4ccccc4)=NN3c3ccccc3)c3ccccc32)c1. The first-order valence-electron chi connectivity index (χ1n) is 12.8. The molecule has 0 aromatic heterocycles. The van der Waals surface area contributed by atoms with Crippen LogP contribution in [0, 0.1) is 0 Å². The van der Waals surface area contributed by atoms with E-state index in [4.69, 9.17) is 33.4 Å². The van der Waals surface area contributed by atoms with E-state index in [9.17, 15) is 0 Å². The average molecular weight is 578 g/mol. The highest BCUT2D eigenvalue weighted by Gasteiger charge is 2.55. The van der Waals surface area contributed by atoms with Gasteiger partial charge in [-0.3, -0.25) is 0 Å². The molecule has 0 fully saturated rings. The topological polar surface area (TPSA) is 31.2 Å². The zero-order chi connectivity index (χ0) is 27.1. The minimum atomic E-state index is -0.862. The molecule has 1 spiro atoms. The highest BCUT2D eigenvalue weighted by atomic mass is 35.5. The molecule has 1 atom stereocenters. The van der Waals surface area contributed by atoms with E-state index in [0.717, 1.165) is 44.4 Å². The second-order valence-corrected chi connectivity index (χ2v) is 11.4. The Morgan fingerprint density at radius 3 is 1.82 bits per heavy atom. The minimum absolute atomic E-state index is 0.585. The van der Waals surface area contributed by atoms with E-state index in [-0.39, 0.29) is 0 Å². The summed E-state index contributed by atoms with van der Waals surface area (Å²) in [6, 6.07) is 44.6. The number of thioether (sulfide) groups is 1. The molecule has 194 valence electrons. The van der Waals surface area contributed by atoms with Gasteiger partial charge in [-0.05, 0) is 54.2 Å². The number of halogens is 2. The van der Waals surface area contributed by atoms with E-state index in [2.05, 4.69) is 64.6 Å². The Morgan fingerprint density at radius 1 is 0.575 bits per heavy atom. The van der Waals surface area contributed by atoms with Gasteiger partial charge in [0.2, 0.25) is 4.99 Å². The fourth-order valence-corrected chi connectivity index (χ4v) is 6.93. The third-order valence-electron chi connectivity index (χ3n) is 6.94. The average Bonchev–Trinajstić information content (AvgIpc) is 3.41. The van der Waals surface area contributed by atoms with Crippen molar-refractivity contribution in [1.82, 2.24) is 0 Å². The van der Waals surface area contributed by atoms with Crippen LogP contribution in [0.5, 0.6) is 0 Å². The Kier molecular flexibility index (Phi) is 6.35. The van der Waals surface area contributed by atoms with Crippen molar-refractivity contribution in [2.75, 3.05) is 10.0 Å². The summed E-state index contributed by atoms with van der Waals surface area (Å²) in [5.41, 5.74) is 6.46. The fraction of sp³-hybridized carbons (Fsp3) is 0.0303. The van der Waals surface area contributed by atoms with E-state index in [1.54, 1.807) is 17.8 Å². The number of hydrogen-bond acceptors (Lipinski definition) is 5. The third kappa shape index (κ3) is 4.09. The van der Waals surface area contributed by atoms with Gasteiger partial charge in [-0.1, -0.05) is 114 Å². The molecule has 0 aliphatic carbocycles. The molecule has 2 aliphatic heterocycles. The van der Waals surface area contributed by atoms with Gasteiger partial charge in [-0.15, -0.1) is 0 Å². The van der Waals surface area contributed by atoms with Crippen LogP contribution in [-0.4, -0.2) is 10.8 Å². The number of para-hydroxylation sites is 2. The molecule has 1 unspecified atom stereocenters. The molecule has 7 rings (SSSR count). The quantitative estimate of drug-likeness (QED) is 0.214. The lowest BCUT2D eigenvalue weighted by Gasteiger charge is -2.47. The maximum Gasteiger partial charge on any atom is 0.234 e. The molecule has 0 bridgehead atoms. The lowest BCUT2D eigenvalue weighted by molar-refractivity contribution is 0.550. The lowest BCUT2D eigenvalue weighted by atomic mass is 9.93. The number of benzene rings is 5. The van der Waals surface area contributed by atoms with Crippen molar-refractivity contribution in [3.8, 4) is 0 Å². The first-order valence-corrected chi connectivity index (χ1v) is 14.4. The van der Waals surface area contributed by atoms with Gasteiger partial charge in [0.25, 0.3) is 0 Å². The van der Waals surface area contributed by atoms with E-state index in [0.29, 0.717) is 10.0 Å². The Balaban J connectivity index is 1.54. The van der Waals surface area contributed by atoms with Gasteiger partial charge in [0.15, 0.2) is 0 Å². The van der Waals surface area contributed by atoms with Crippen molar-refractivity contribution in [2.45, 2.75) is 4.99 Å². The van der Waals surface area contributed by atoms with Crippen LogP contribution in [0.1, 0.15) is 22.3 Å². The Morgan fingerprint density at radius 2 is 1.15 bits per heavy atom. The maximum absolute atomic E-state index is 6.77. The molecule has 7 heteroatoms. The Bertz CT molecular complexity index is 1760. The van der Waals surface area contributed by atoms with Crippen molar-refractivity contribution in [1.29, 1.82) is 0 Å². The Labute approximate surface area is 247 Å². The van der Waals surface area contributed by atoms with Crippen molar-refractivity contribution in [3.05, 3.63) is 166 Å². The smallest absolute Gasteiger partial charge is 0.223 e. The molecule has 4 nitrogen and oxygen atoms in total. The molecule has 5 aromatic rings. The summed E-state index contributed by atoms with van der Waals surface area (Å²) in [5.74, 6) is 0. The van der Waals surface area contributed by atoms with Gasteiger partial charge in [0.05, 0.1) is 16.4 Å². The number of nitrogens with zero attached hydrogens (tertiary/aromatic N) is 4. The van der Waals surface area contributed by atoms with Crippen LogP contribution in [0.4, 0.5) is 11.4 Å². The van der Waals surface area contributed by atoms with Gasteiger partial charge in [-0.2, -0.15) is 10.2 Å². The summed E-state index contributed by atoms with van der Waals surface area (Å²) in [5, 5.41) is 16.9. The van der Waals surface area contributed by atoms with Crippen LogP contribution in [0.2, 0.25) is 10.0 Å². The molecule has 0 amide bonds. The van der Waals surface area contributed by atoms with Gasteiger partial charge < -0.3 is 0 Å². The van der Waals surface area contributed by atoms with Crippen molar-refractivity contribution in [2.24, 2.45) is 10.2 Å². The third-order valence-corrected chi connectivity index (χ3v) is 8.87. The summed E-state index contributed by atoms with van der Waals surface area (Å²) < 4.78 is 0. The number of hydrazone groups is 2. The first kappa shape index (κ1) is 25.0. The summed E-state index contributed by atoms with van der Waals surface area (Å²) in [6.45, 7) is 0. The molecular formula is C33H22Cl2N4S. The van der Waals surface area contributed by atoms with Gasteiger partial charge in [0.1, 0.15) is 10.8 Å². The molecule has 0 saturated carbocycles. The van der Waals surface area contributed by atoms with Crippen LogP contribution in [-0.2, 0) is 4.99 Å². The number of rotatable bonds is 4. The molecule has 5 aromatic carbocycles. The maximum atomic E-state index is 6.77. The molecule has 0 radical (unpaired) electrons. The number of hydrogen-bond donors (Lipinski definition) is 0. The molecular weight excluding hydrogens is 555 g/mol. The number of anilines is 2. The minimum Gasteiger partial charge on any atom is -0.223 e. The fourth-order valence-electron chi connectivity index (χ4n) is 5.15. The molecule has 0 N–H and O–H groups in total. The lowest BCUT2D eigenvalue weighted by Crippen LogP contribution is -2.54.